The number of rotatable bonds is 8. The summed E-state index contributed by atoms with van der Waals surface area (Å²) in [7, 11) is -6.85. The van der Waals surface area contributed by atoms with Gasteiger partial charge in [-0.2, -0.15) is 21.4 Å². The van der Waals surface area contributed by atoms with E-state index in [1.807, 2.05) is 18.4 Å². The van der Waals surface area contributed by atoms with Gasteiger partial charge in [-0.1, -0.05) is 0 Å². The van der Waals surface area contributed by atoms with E-state index in [4.69, 9.17) is 9.29 Å². The van der Waals surface area contributed by atoms with Gasteiger partial charge in [0.2, 0.25) is 5.69 Å². The number of hydrogen-bond donors (Lipinski definition) is 2. The van der Waals surface area contributed by atoms with E-state index in [0.29, 0.717) is 25.1 Å². The standard InChI is InChI=1S/C16H23NO7S2/c1-12-16(2,7-4-10-25(18,19)20)14-11-13(26(21,22)23)5-6-15(14)17(12)8-9-24-3/h5-6,11H,4,7-10H2,1-3H3,(H-,18,19,20,21,22,23)/p+1. The van der Waals surface area contributed by atoms with Crippen LogP contribution in [0.2, 0.25) is 0 Å². The molecule has 2 rings (SSSR count). The van der Waals surface area contributed by atoms with Crippen LogP contribution < -0.4 is 0 Å². The van der Waals surface area contributed by atoms with Crippen LogP contribution in [-0.4, -0.2) is 62.2 Å². The number of methoxy groups -OCH3 is 1. The summed E-state index contributed by atoms with van der Waals surface area (Å²) in [4.78, 5) is -0.210. The molecule has 0 saturated carbocycles. The maximum absolute atomic E-state index is 11.5. The fraction of sp³-hybridized carbons (Fsp3) is 0.562. The molecule has 1 aliphatic rings. The Labute approximate surface area is 154 Å². The second-order valence-electron chi connectivity index (χ2n) is 6.61. The number of hydrogen-bond acceptors (Lipinski definition) is 5. The first-order chi connectivity index (χ1) is 11.9. The zero-order chi connectivity index (χ0) is 19.8. The van der Waals surface area contributed by atoms with Crippen molar-refractivity contribution in [2.75, 3.05) is 26.0 Å². The van der Waals surface area contributed by atoms with Crippen LogP contribution in [0.25, 0.3) is 0 Å². The zero-order valence-electron chi connectivity index (χ0n) is 15.0. The summed E-state index contributed by atoms with van der Waals surface area (Å²) in [5.74, 6) is -0.374. The Balaban J connectivity index is 2.51. The van der Waals surface area contributed by atoms with Crippen LogP contribution in [0.15, 0.2) is 23.1 Å². The summed E-state index contributed by atoms with van der Waals surface area (Å²) in [5, 5.41) is 0. The molecule has 1 atom stereocenters. The minimum atomic E-state index is -4.36. The highest BCUT2D eigenvalue weighted by atomic mass is 32.2. The third-order valence-corrected chi connectivity index (χ3v) is 6.61. The monoisotopic (exact) mass is 406 g/mol. The molecule has 26 heavy (non-hydrogen) atoms. The summed E-state index contributed by atoms with van der Waals surface area (Å²) in [6.07, 6.45) is 0.602. The van der Waals surface area contributed by atoms with Crippen LogP contribution in [0.5, 0.6) is 0 Å². The number of nitrogens with zero attached hydrogens (tertiary/aromatic N) is 1. The quantitative estimate of drug-likeness (QED) is 0.497. The molecule has 0 aromatic heterocycles. The molecule has 1 unspecified atom stereocenters. The summed E-state index contributed by atoms with van der Waals surface area (Å²) in [6, 6.07) is 4.39. The van der Waals surface area contributed by atoms with Crippen molar-refractivity contribution in [3.8, 4) is 0 Å². The Hall–Kier alpha value is -1.33. The Morgan fingerprint density at radius 3 is 2.38 bits per heavy atom. The molecular formula is C16H24NO7S2+. The van der Waals surface area contributed by atoms with Gasteiger partial charge in [0, 0.05) is 25.7 Å². The molecule has 8 nitrogen and oxygen atoms in total. The molecule has 0 saturated heterocycles. The molecule has 1 aromatic carbocycles. The van der Waals surface area contributed by atoms with Gasteiger partial charge in [-0.25, -0.2) is 0 Å². The third-order valence-electron chi connectivity index (χ3n) is 4.95. The molecule has 146 valence electrons. The average Bonchev–Trinajstić information content (AvgIpc) is 2.72. The van der Waals surface area contributed by atoms with Crippen LogP contribution in [-0.2, 0) is 30.4 Å². The molecule has 1 aliphatic heterocycles. The topological polar surface area (TPSA) is 121 Å². The smallest absolute Gasteiger partial charge is 0.294 e. The van der Waals surface area contributed by atoms with Gasteiger partial charge in [0.1, 0.15) is 6.61 Å². The maximum Gasteiger partial charge on any atom is 0.294 e. The molecule has 1 heterocycles. The van der Waals surface area contributed by atoms with Crippen molar-refractivity contribution in [3.63, 3.8) is 0 Å². The van der Waals surface area contributed by atoms with Crippen LogP contribution in [0, 0.1) is 0 Å². The van der Waals surface area contributed by atoms with Crippen molar-refractivity contribution in [2.24, 2.45) is 0 Å². The second kappa shape index (κ2) is 7.35. The third kappa shape index (κ3) is 4.32. The molecule has 10 heteroatoms. The van der Waals surface area contributed by atoms with E-state index >= 15 is 0 Å². The van der Waals surface area contributed by atoms with E-state index in [-0.39, 0.29) is 17.1 Å². The predicted molar refractivity (Wildman–Crippen MR) is 96.6 cm³/mol. The molecule has 1 aromatic rings. The first-order valence-electron chi connectivity index (χ1n) is 8.08. The highest BCUT2D eigenvalue weighted by molar-refractivity contribution is 7.86. The van der Waals surface area contributed by atoms with E-state index in [2.05, 4.69) is 0 Å². The van der Waals surface area contributed by atoms with Gasteiger partial charge in [-0.15, -0.1) is 0 Å². The van der Waals surface area contributed by atoms with Gasteiger partial charge < -0.3 is 4.74 Å². The van der Waals surface area contributed by atoms with Crippen LogP contribution in [0.3, 0.4) is 0 Å². The second-order valence-corrected chi connectivity index (χ2v) is 9.60. The molecule has 0 aliphatic carbocycles. The van der Waals surface area contributed by atoms with Gasteiger partial charge in [-0.3, -0.25) is 9.11 Å². The fourth-order valence-electron chi connectivity index (χ4n) is 3.42. The predicted octanol–water partition coefficient (Wildman–Crippen LogP) is 1.62. The normalized spacial score (nSPS) is 20.5. The fourth-order valence-corrected chi connectivity index (χ4v) is 4.44. The number of benzene rings is 1. The molecule has 0 spiro atoms. The SMILES string of the molecule is COCC[N+]1=C(C)C(C)(CCCS(=O)(=O)O)c2cc(S(=O)(=O)O)ccc21. The Bertz CT molecular complexity index is 935. The molecular weight excluding hydrogens is 382 g/mol. The maximum atomic E-state index is 11.5. The highest BCUT2D eigenvalue weighted by Crippen LogP contribution is 2.43. The van der Waals surface area contributed by atoms with E-state index < -0.39 is 25.7 Å². The van der Waals surface area contributed by atoms with Crippen LogP contribution in [0.4, 0.5) is 5.69 Å². The van der Waals surface area contributed by atoms with E-state index in [0.717, 1.165) is 11.4 Å². The van der Waals surface area contributed by atoms with E-state index in [1.165, 1.54) is 12.1 Å². The molecule has 0 bridgehead atoms. The van der Waals surface area contributed by atoms with Gasteiger partial charge in [-0.05, 0) is 31.9 Å². The van der Waals surface area contributed by atoms with Crippen molar-refractivity contribution in [1.82, 2.24) is 0 Å². The molecule has 0 radical (unpaired) electrons. The van der Waals surface area contributed by atoms with Crippen molar-refractivity contribution in [3.05, 3.63) is 23.8 Å². The first kappa shape index (κ1) is 21.0. The van der Waals surface area contributed by atoms with Gasteiger partial charge in [0.15, 0.2) is 12.3 Å². The van der Waals surface area contributed by atoms with Crippen LogP contribution >= 0.6 is 0 Å². The number of fused-ring (bicyclic) bond motifs is 1. The van der Waals surface area contributed by atoms with Crippen molar-refractivity contribution in [1.29, 1.82) is 0 Å². The van der Waals surface area contributed by atoms with Gasteiger partial charge in [0.25, 0.3) is 20.2 Å². The van der Waals surface area contributed by atoms with Crippen molar-refractivity contribution >= 4 is 31.6 Å². The summed E-state index contributed by atoms with van der Waals surface area (Å²) < 4.78 is 70.6. The Morgan fingerprint density at radius 2 is 1.85 bits per heavy atom. The van der Waals surface area contributed by atoms with Crippen molar-refractivity contribution < 1.29 is 35.3 Å². The largest absolute Gasteiger partial charge is 0.378 e. The Kier molecular flexibility index (Phi) is 5.93. The number of ether oxygens (including phenoxy) is 1. The molecule has 0 amide bonds. The van der Waals surface area contributed by atoms with Gasteiger partial charge in [0.05, 0.1) is 16.1 Å². The first-order valence-corrected chi connectivity index (χ1v) is 11.1. The minimum absolute atomic E-state index is 0.209. The molecule has 0 fully saturated rings. The van der Waals surface area contributed by atoms with E-state index in [1.54, 1.807) is 13.2 Å². The van der Waals surface area contributed by atoms with Crippen molar-refractivity contribution in [2.45, 2.75) is 37.0 Å². The molecule has 2 N–H and O–H groups in total. The summed E-state index contributed by atoms with van der Waals surface area (Å²) in [6.45, 7) is 4.80. The van der Waals surface area contributed by atoms with E-state index in [9.17, 15) is 21.4 Å². The van der Waals surface area contributed by atoms with Crippen LogP contribution in [0.1, 0.15) is 32.3 Å². The summed E-state index contributed by atoms with van der Waals surface area (Å²) >= 11 is 0. The lowest BCUT2D eigenvalue weighted by Crippen LogP contribution is -2.31. The zero-order valence-corrected chi connectivity index (χ0v) is 16.6. The lowest BCUT2D eigenvalue weighted by molar-refractivity contribution is -0.443. The summed E-state index contributed by atoms with van der Waals surface area (Å²) in [5.41, 5.74) is 1.78. The lowest BCUT2D eigenvalue weighted by Gasteiger charge is -2.22. The lowest BCUT2D eigenvalue weighted by atomic mass is 9.76. The average molecular weight is 407 g/mol. The van der Waals surface area contributed by atoms with Gasteiger partial charge >= 0.3 is 0 Å². The Morgan fingerprint density at radius 1 is 1.19 bits per heavy atom. The highest BCUT2D eigenvalue weighted by Gasteiger charge is 2.46. The minimum Gasteiger partial charge on any atom is -0.378 e.